The summed E-state index contributed by atoms with van der Waals surface area (Å²) in [5, 5.41) is 6.45. The molecule has 0 N–H and O–H groups in total. The maximum Gasteiger partial charge on any atom is 0.0832 e. The lowest BCUT2D eigenvalue weighted by molar-refractivity contribution is 0.318. The summed E-state index contributed by atoms with van der Waals surface area (Å²) in [5.41, 5.74) is 1.45. The van der Waals surface area contributed by atoms with Crippen LogP contribution in [0.4, 0.5) is 0 Å². The highest BCUT2D eigenvalue weighted by molar-refractivity contribution is 5.71. The van der Waals surface area contributed by atoms with Crippen LogP contribution in [0, 0.1) is 5.92 Å². The lowest BCUT2D eigenvalue weighted by atomic mass is 9.88. The number of allylic oxidation sites excluding steroid dienone is 4. The molecule has 2 heterocycles. The van der Waals surface area contributed by atoms with Gasteiger partial charge in [-0.15, -0.1) is 0 Å². The monoisotopic (exact) mass is 184 g/mol. The first-order valence-corrected chi connectivity index (χ1v) is 4.98. The molecular formula is C12H12N2. The smallest absolute Gasteiger partial charge is 0.0832 e. The van der Waals surface area contributed by atoms with Crippen molar-refractivity contribution in [2.45, 2.75) is 12.5 Å². The molecule has 70 valence electrons. The predicted molar refractivity (Wildman–Crippen MR) is 57.7 cm³/mol. The Morgan fingerprint density at radius 1 is 1.29 bits per heavy atom. The van der Waals surface area contributed by atoms with Gasteiger partial charge >= 0.3 is 0 Å². The van der Waals surface area contributed by atoms with Crippen LogP contribution >= 0.6 is 0 Å². The average Bonchev–Trinajstić information content (AvgIpc) is 2.57. The van der Waals surface area contributed by atoms with Gasteiger partial charge in [0.25, 0.3) is 0 Å². The topological polar surface area (TPSA) is 15.6 Å². The van der Waals surface area contributed by atoms with Crippen molar-refractivity contribution >= 4 is 6.21 Å². The minimum Gasteiger partial charge on any atom is -0.265 e. The van der Waals surface area contributed by atoms with Crippen LogP contribution in [0.15, 0.2) is 53.3 Å². The van der Waals surface area contributed by atoms with E-state index in [1.54, 1.807) is 0 Å². The van der Waals surface area contributed by atoms with E-state index < -0.39 is 0 Å². The van der Waals surface area contributed by atoms with Gasteiger partial charge in [0.15, 0.2) is 0 Å². The molecule has 0 aromatic rings. The van der Waals surface area contributed by atoms with Crippen LogP contribution in [0.2, 0.25) is 0 Å². The van der Waals surface area contributed by atoms with Crippen molar-refractivity contribution in [3.8, 4) is 0 Å². The Morgan fingerprint density at radius 3 is 3.29 bits per heavy atom. The second-order valence-corrected chi connectivity index (χ2v) is 3.77. The molecule has 2 atom stereocenters. The van der Waals surface area contributed by atoms with Crippen molar-refractivity contribution in [3.05, 3.63) is 48.2 Å². The van der Waals surface area contributed by atoms with E-state index in [-0.39, 0.29) is 0 Å². The summed E-state index contributed by atoms with van der Waals surface area (Å²) in [6.45, 7) is 0. The van der Waals surface area contributed by atoms with E-state index in [0.717, 1.165) is 6.42 Å². The van der Waals surface area contributed by atoms with Gasteiger partial charge in [0.1, 0.15) is 0 Å². The molecule has 2 heteroatoms. The van der Waals surface area contributed by atoms with E-state index in [1.165, 1.54) is 5.57 Å². The van der Waals surface area contributed by atoms with Gasteiger partial charge in [0.2, 0.25) is 0 Å². The van der Waals surface area contributed by atoms with Gasteiger partial charge in [-0.25, -0.2) is 0 Å². The second kappa shape index (κ2) is 2.98. The molecule has 0 aromatic heterocycles. The Bertz CT molecular complexity index is 385. The maximum absolute atomic E-state index is 4.39. The van der Waals surface area contributed by atoms with Crippen molar-refractivity contribution in [2.24, 2.45) is 11.0 Å². The molecule has 0 aromatic carbocycles. The fourth-order valence-corrected chi connectivity index (χ4v) is 2.23. The van der Waals surface area contributed by atoms with Crippen molar-refractivity contribution in [2.75, 3.05) is 0 Å². The van der Waals surface area contributed by atoms with Crippen LogP contribution in [0.1, 0.15) is 6.42 Å². The third-order valence-corrected chi connectivity index (χ3v) is 2.91. The molecular weight excluding hydrogens is 172 g/mol. The molecule has 0 spiro atoms. The quantitative estimate of drug-likeness (QED) is 0.563. The van der Waals surface area contributed by atoms with Gasteiger partial charge in [-0.2, -0.15) is 5.10 Å². The maximum atomic E-state index is 4.39. The number of nitrogens with zero attached hydrogens (tertiary/aromatic N) is 2. The molecule has 3 rings (SSSR count). The Morgan fingerprint density at radius 2 is 2.29 bits per heavy atom. The first kappa shape index (κ1) is 7.80. The van der Waals surface area contributed by atoms with E-state index in [4.69, 9.17) is 0 Å². The summed E-state index contributed by atoms with van der Waals surface area (Å²) < 4.78 is 0. The van der Waals surface area contributed by atoms with Crippen LogP contribution < -0.4 is 0 Å². The van der Waals surface area contributed by atoms with Crippen LogP contribution in [0.25, 0.3) is 0 Å². The van der Waals surface area contributed by atoms with Gasteiger partial charge in [0.05, 0.1) is 6.04 Å². The summed E-state index contributed by atoms with van der Waals surface area (Å²) in [6, 6.07) is 0.432. The Hall–Kier alpha value is -1.57. The van der Waals surface area contributed by atoms with Crippen LogP contribution in [0.5, 0.6) is 0 Å². The van der Waals surface area contributed by atoms with Gasteiger partial charge in [-0.1, -0.05) is 30.4 Å². The molecule has 3 aliphatic rings. The van der Waals surface area contributed by atoms with Gasteiger partial charge in [0, 0.05) is 18.3 Å². The lowest BCUT2D eigenvalue weighted by Gasteiger charge is -2.29. The Kier molecular flexibility index (Phi) is 1.66. The highest BCUT2D eigenvalue weighted by atomic mass is 15.5. The molecule has 0 fully saturated rings. The molecule has 0 saturated carbocycles. The van der Waals surface area contributed by atoms with Crippen molar-refractivity contribution in [1.29, 1.82) is 0 Å². The predicted octanol–water partition coefficient (Wildman–Crippen LogP) is 2.24. The van der Waals surface area contributed by atoms with Crippen LogP contribution in [-0.2, 0) is 0 Å². The van der Waals surface area contributed by atoms with Crippen molar-refractivity contribution in [1.82, 2.24) is 5.01 Å². The fraction of sp³-hybridized carbons (Fsp3) is 0.250. The lowest BCUT2D eigenvalue weighted by Crippen LogP contribution is -2.31. The summed E-state index contributed by atoms with van der Waals surface area (Å²) >= 11 is 0. The Labute approximate surface area is 83.6 Å². The van der Waals surface area contributed by atoms with E-state index >= 15 is 0 Å². The molecule has 0 amide bonds. The van der Waals surface area contributed by atoms with Crippen molar-refractivity contribution in [3.63, 3.8) is 0 Å². The normalized spacial score (nSPS) is 37.1. The average molecular weight is 184 g/mol. The molecule has 2 unspecified atom stereocenters. The molecule has 14 heavy (non-hydrogen) atoms. The zero-order valence-corrected chi connectivity index (χ0v) is 7.88. The summed E-state index contributed by atoms with van der Waals surface area (Å²) in [5.74, 6) is 0.513. The highest BCUT2D eigenvalue weighted by Crippen LogP contribution is 2.33. The highest BCUT2D eigenvalue weighted by Gasteiger charge is 2.31. The number of rotatable bonds is 0. The third-order valence-electron chi connectivity index (χ3n) is 2.91. The van der Waals surface area contributed by atoms with E-state index in [9.17, 15) is 0 Å². The number of hydrazone groups is 1. The summed E-state index contributed by atoms with van der Waals surface area (Å²) in [7, 11) is 0. The molecule has 0 radical (unpaired) electrons. The SMILES string of the molecule is C1=CC2C=CN3/N=C\C=C/CC(=C1)C23. The van der Waals surface area contributed by atoms with Gasteiger partial charge < -0.3 is 0 Å². The van der Waals surface area contributed by atoms with E-state index in [1.807, 2.05) is 12.3 Å². The molecule has 1 aliphatic carbocycles. The van der Waals surface area contributed by atoms with Gasteiger partial charge in [-0.3, -0.25) is 5.01 Å². The van der Waals surface area contributed by atoms with Crippen LogP contribution in [0.3, 0.4) is 0 Å². The molecule has 0 bridgehead atoms. The molecule has 2 nitrogen and oxygen atoms in total. The van der Waals surface area contributed by atoms with Gasteiger partial charge in [-0.05, 0) is 18.1 Å². The van der Waals surface area contributed by atoms with Crippen LogP contribution in [-0.4, -0.2) is 17.3 Å². The third kappa shape index (κ3) is 1.07. The van der Waals surface area contributed by atoms with E-state index in [0.29, 0.717) is 12.0 Å². The first-order valence-electron chi connectivity index (χ1n) is 4.98. The zero-order chi connectivity index (χ0) is 9.38. The van der Waals surface area contributed by atoms with Crippen molar-refractivity contribution < 1.29 is 0 Å². The first-order chi connectivity index (χ1) is 6.95. The minimum absolute atomic E-state index is 0.432. The molecule has 2 aliphatic heterocycles. The zero-order valence-electron chi connectivity index (χ0n) is 7.88. The number of hydrogen-bond donors (Lipinski definition) is 0. The number of hydrogen-bond acceptors (Lipinski definition) is 2. The van der Waals surface area contributed by atoms with E-state index in [2.05, 4.69) is 46.7 Å². The minimum atomic E-state index is 0.432. The second-order valence-electron chi connectivity index (χ2n) is 3.77. The molecule has 0 saturated heterocycles. The summed E-state index contributed by atoms with van der Waals surface area (Å²) in [6.07, 6.45) is 18.0. The largest absolute Gasteiger partial charge is 0.265 e. The standard InChI is InChI=1S/C12H12N2/c1-2-8-13-14-9-7-11-6-3-5-10(4-1)12(11)14/h1-3,5-9,11-12H,4H2/b2-1-,13-8-. The Balaban J connectivity index is 2.04. The fourth-order valence-electron chi connectivity index (χ4n) is 2.23. The summed E-state index contributed by atoms with van der Waals surface area (Å²) in [4.78, 5) is 0.